The van der Waals surface area contributed by atoms with Crippen molar-refractivity contribution in [2.75, 3.05) is 17.2 Å². The molecule has 1 aromatic carbocycles. The van der Waals surface area contributed by atoms with Gasteiger partial charge in [0.2, 0.25) is 5.95 Å². The molecule has 2 N–H and O–H groups in total. The molecule has 0 spiro atoms. The molecule has 0 bridgehead atoms. The number of anilines is 3. The van der Waals surface area contributed by atoms with Gasteiger partial charge < -0.3 is 10.6 Å². The molecule has 0 saturated carbocycles. The normalized spacial score (nSPS) is 10.5. The number of para-hydroxylation sites is 1. The Labute approximate surface area is 113 Å². The van der Waals surface area contributed by atoms with Crippen molar-refractivity contribution < 1.29 is 0 Å². The van der Waals surface area contributed by atoms with E-state index in [-0.39, 0.29) is 0 Å². The zero-order valence-corrected chi connectivity index (χ0v) is 11.5. The molecule has 0 aliphatic heterocycles. The second kappa shape index (κ2) is 6.13. The summed E-state index contributed by atoms with van der Waals surface area (Å²) in [7, 11) is 0. The second-order valence-electron chi connectivity index (χ2n) is 4.88. The van der Waals surface area contributed by atoms with Crippen LogP contribution >= 0.6 is 0 Å². The van der Waals surface area contributed by atoms with Gasteiger partial charge in [-0.2, -0.15) is 10.1 Å². The van der Waals surface area contributed by atoms with Crippen LogP contribution in [0.5, 0.6) is 0 Å². The molecule has 5 nitrogen and oxygen atoms in total. The summed E-state index contributed by atoms with van der Waals surface area (Å²) in [5.74, 6) is 1.78. The lowest BCUT2D eigenvalue weighted by Crippen LogP contribution is -2.11. The van der Waals surface area contributed by atoms with Crippen LogP contribution in [0, 0.1) is 12.8 Å². The third-order valence-electron chi connectivity index (χ3n) is 2.64. The molecule has 0 amide bonds. The molecule has 0 aliphatic carbocycles. The smallest absolute Gasteiger partial charge is 0.244 e. The first-order chi connectivity index (χ1) is 9.15. The maximum Gasteiger partial charge on any atom is 0.244 e. The number of hydrogen-bond donors (Lipinski definition) is 2. The van der Waals surface area contributed by atoms with Crippen LogP contribution in [0.1, 0.15) is 19.4 Å². The predicted octanol–water partition coefficient (Wildman–Crippen LogP) is 2.99. The van der Waals surface area contributed by atoms with E-state index in [0.717, 1.165) is 17.8 Å². The third kappa shape index (κ3) is 3.91. The zero-order chi connectivity index (χ0) is 13.7. The van der Waals surface area contributed by atoms with E-state index in [9.17, 15) is 0 Å². The van der Waals surface area contributed by atoms with Crippen LogP contribution in [0.3, 0.4) is 0 Å². The van der Waals surface area contributed by atoms with Gasteiger partial charge >= 0.3 is 0 Å². The van der Waals surface area contributed by atoms with Crippen LogP contribution in [-0.2, 0) is 0 Å². The standard InChI is InChI=1S/C14H19N5/c1-10(2)8-15-14-18-13(9-16-19-14)17-12-7-5-4-6-11(12)3/h4-7,9-10H,8H2,1-3H3,(H2,15,17,18,19). The summed E-state index contributed by atoms with van der Waals surface area (Å²) < 4.78 is 0. The summed E-state index contributed by atoms with van der Waals surface area (Å²) in [6.45, 7) is 7.15. The summed E-state index contributed by atoms with van der Waals surface area (Å²) in [5.41, 5.74) is 2.19. The van der Waals surface area contributed by atoms with Crippen LogP contribution in [0.2, 0.25) is 0 Å². The quantitative estimate of drug-likeness (QED) is 0.862. The van der Waals surface area contributed by atoms with Crippen molar-refractivity contribution in [1.82, 2.24) is 15.2 Å². The van der Waals surface area contributed by atoms with Crippen LogP contribution in [-0.4, -0.2) is 21.7 Å². The minimum absolute atomic E-state index is 0.539. The summed E-state index contributed by atoms with van der Waals surface area (Å²) in [6, 6.07) is 8.06. The summed E-state index contributed by atoms with van der Waals surface area (Å²) in [5, 5.41) is 14.3. The van der Waals surface area contributed by atoms with E-state index in [4.69, 9.17) is 0 Å². The Morgan fingerprint density at radius 1 is 1.21 bits per heavy atom. The molecule has 2 rings (SSSR count). The maximum atomic E-state index is 4.39. The van der Waals surface area contributed by atoms with Gasteiger partial charge in [0, 0.05) is 12.2 Å². The monoisotopic (exact) mass is 257 g/mol. The Morgan fingerprint density at radius 3 is 2.74 bits per heavy atom. The maximum absolute atomic E-state index is 4.39. The molecule has 0 saturated heterocycles. The minimum Gasteiger partial charge on any atom is -0.353 e. The van der Waals surface area contributed by atoms with E-state index >= 15 is 0 Å². The van der Waals surface area contributed by atoms with E-state index in [1.54, 1.807) is 6.20 Å². The van der Waals surface area contributed by atoms with Gasteiger partial charge in [-0.25, -0.2) is 0 Å². The van der Waals surface area contributed by atoms with Crippen molar-refractivity contribution in [2.45, 2.75) is 20.8 Å². The van der Waals surface area contributed by atoms with E-state index in [1.807, 2.05) is 18.2 Å². The zero-order valence-electron chi connectivity index (χ0n) is 11.5. The fourth-order valence-electron chi connectivity index (χ4n) is 1.59. The lowest BCUT2D eigenvalue weighted by Gasteiger charge is -2.10. The Morgan fingerprint density at radius 2 is 2.00 bits per heavy atom. The first-order valence-corrected chi connectivity index (χ1v) is 6.41. The highest BCUT2D eigenvalue weighted by atomic mass is 15.3. The molecule has 0 fully saturated rings. The van der Waals surface area contributed by atoms with Crippen LogP contribution < -0.4 is 10.6 Å². The van der Waals surface area contributed by atoms with Crippen LogP contribution in [0.4, 0.5) is 17.5 Å². The summed E-state index contributed by atoms with van der Waals surface area (Å²) in [4.78, 5) is 4.39. The van der Waals surface area contributed by atoms with Gasteiger partial charge in [0.1, 0.15) is 0 Å². The number of aryl methyl sites for hydroxylation is 1. The van der Waals surface area contributed by atoms with Gasteiger partial charge in [0.05, 0.1) is 6.20 Å². The highest BCUT2D eigenvalue weighted by molar-refractivity contribution is 5.59. The fraction of sp³-hybridized carbons (Fsp3) is 0.357. The molecule has 5 heteroatoms. The van der Waals surface area contributed by atoms with Crippen molar-refractivity contribution in [3.05, 3.63) is 36.0 Å². The van der Waals surface area contributed by atoms with E-state index in [2.05, 4.69) is 52.7 Å². The lowest BCUT2D eigenvalue weighted by molar-refractivity contribution is 0.682. The number of nitrogens with zero attached hydrogens (tertiary/aromatic N) is 3. The molecule has 0 aliphatic rings. The van der Waals surface area contributed by atoms with E-state index < -0.39 is 0 Å². The van der Waals surface area contributed by atoms with Gasteiger partial charge in [-0.1, -0.05) is 32.0 Å². The van der Waals surface area contributed by atoms with Crippen LogP contribution in [0.15, 0.2) is 30.5 Å². The van der Waals surface area contributed by atoms with Gasteiger partial charge in [0.25, 0.3) is 0 Å². The third-order valence-corrected chi connectivity index (χ3v) is 2.64. The molecule has 0 unspecified atom stereocenters. The summed E-state index contributed by atoms with van der Waals surface area (Å²) >= 11 is 0. The molecule has 0 atom stereocenters. The Bertz CT molecular complexity index is 539. The van der Waals surface area contributed by atoms with E-state index in [1.165, 1.54) is 0 Å². The topological polar surface area (TPSA) is 62.7 Å². The SMILES string of the molecule is Cc1ccccc1Nc1cnnc(NCC(C)C)n1. The number of aromatic nitrogens is 3. The molecular formula is C14H19N5. The van der Waals surface area contributed by atoms with Gasteiger partial charge in [0.15, 0.2) is 5.82 Å². The molecule has 2 aromatic rings. The van der Waals surface area contributed by atoms with Crippen molar-refractivity contribution in [3.63, 3.8) is 0 Å². The van der Waals surface area contributed by atoms with Gasteiger partial charge in [-0.3, -0.25) is 0 Å². The molecule has 19 heavy (non-hydrogen) atoms. The van der Waals surface area contributed by atoms with Crippen molar-refractivity contribution >= 4 is 17.5 Å². The average molecular weight is 257 g/mol. The van der Waals surface area contributed by atoms with Crippen molar-refractivity contribution in [2.24, 2.45) is 5.92 Å². The average Bonchev–Trinajstić information content (AvgIpc) is 2.40. The largest absolute Gasteiger partial charge is 0.353 e. The van der Waals surface area contributed by atoms with Crippen LogP contribution in [0.25, 0.3) is 0 Å². The molecule has 1 aromatic heterocycles. The van der Waals surface area contributed by atoms with Gasteiger partial charge in [-0.15, -0.1) is 5.10 Å². The number of nitrogens with one attached hydrogen (secondary N) is 2. The first-order valence-electron chi connectivity index (χ1n) is 6.41. The number of rotatable bonds is 5. The first kappa shape index (κ1) is 13.3. The molecule has 0 radical (unpaired) electrons. The highest BCUT2D eigenvalue weighted by Gasteiger charge is 2.03. The van der Waals surface area contributed by atoms with Gasteiger partial charge in [-0.05, 0) is 24.5 Å². The number of benzene rings is 1. The molecule has 100 valence electrons. The Balaban J connectivity index is 2.09. The second-order valence-corrected chi connectivity index (χ2v) is 4.88. The van der Waals surface area contributed by atoms with Crippen molar-refractivity contribution in [3.8, 4) is 0 Å². The minimum atomic E-state index is 0.539. The number of hydrogen-bond acceptors (Lipinski definition) is 5. The predicted molar refractivity (Wildman–Crippen MR) is 77.6 cm³/mol. The Kier molecular flexibility index (Phi) is 4.28. The van der Waals surface area contributed by atoms with E-state index in [0.29, 0.717) is 17.7 Å². The van der Waals surface area contributed by atoms with Crippen molar-refractivity contribution in [1.29, 1.82) is 0 Å². The lowest BCUT2D eigenvalue weighted by atomic mass is 10.2. The highest BCUT2D eigenvalue weighted by Crippen LogP contribution is 2.18. The summed E-state index contributed by atoms with van der Waals surface area (Å²) in [6.07, 6.45) is 1.62. The Hall–Kier alpha value is -2.17. The molecule has 1 heterocycles. The fourth-order valence-corrected chi connectivity index (χ4v) is 1.59. The molecular weight excluding hydrogens is 238 g/mol.